The number of hydrogen-bond donors (Lipinski definition) is 1. The second-order valence-electron chi connectivity index (χ2n) is 2.05. The van der Waals surface area contributed by atoms with Crippen molar-refractivity contribution in [3.8, 4) is 0 Å². The lowest BCUT2D eigenvalue weighted by Gasteiger charge is -2.13. The van der Waals surface area contributed by atoms with Gasteiger partial charge in [0.15, 0.2) is 6.29 Å². The van der Waals surface area contributed by atoms with Crippen molar-refractivity contribution in [2.45, 2.75) is 6.29 Å². The molecule has 0 fully saturated rings. The van der Waals surface area contributed by atoms with E-state index in [1.807, 2.05) is 0 Å². The zero-order valence-corrected chi connectivity index (χ0v) is 8.48. The van der Waals surface area contributed by atoms with Crippen molar-refractivity contribution in [3.63, 3.8) is 0 Å². The molecule has 0 saturated heterocycles. The van der Waals surface area contributed by atoms with E-state index in [9.17, 15) is 0 Å². The SMILES string of the molecule is C=C(Br)CNCC(OC)OC. The Bertz CT molecular complexity index is 115. The van der Waals surface area contributed by atoms with Gasteiger partial charge >= 0.3 is 0 Å². The Kier molecular flexibility index (Phi) is 6.85. The lowest BCUT2D eigenvalue weighted by Crippen LogP contribution is -2.30. The van der Waals surface area contributed by atoms with Gasteiger partial charge in [-0.2, -0.15) is 0 Å². The molecule has 11 heavy (non-hydrogen) atoms. The van der Waals surface area contributed by atoms with Gasteiger partial charge in [-0.25, -0.2) is 0 Å². The minimum absolute atomic E-state index is 0.179. The summed E-state index contributed by atoms with van der Waals surface area (Å²) in [6.45, 7) is 5.07. The van der Waals surface area contributed by atoms with E-state index in [4.69, 9.17) is 9.47 Å². The van der Waals surface area contributed by atoms with E-state index in [0.717, 1.165) is 11.0 Å². The summed E-state index contributed by atoms with van der Waals surface area (Å²) in [6.07, 6.45) is -0.179. The molecule has 0 aliphatic rings. The molecule has 0 saturated carbocycles. The molecular formula is C7H14BrNO2. The topological polar surface area (TPSA) is 30.5 Å². The zero-order valence-electron chi connectivity index (χ0n) is 6.89. The monoisotopic (exact) mass is 223 g/mol. The molecule has 4 heteroatoms. The Morgan fingerprint density at radius 3 is 2.45 bits per heavy atom. The minimum Gasteiger partial charge on any atom is -0.355 e. The van der Waals surface area contributed by atoms with Crippen LogP contribution in [-0.2, 0) is 9.47 Å². The van der Waals surface area contributed by atoms with E-state index < -0.39 is 0 Å². The predicted molar refractivity (Wildman–Crippen MR) is 48.7 cm³/mol. The highest BCUT2D eigenvalue weighted by Gasteiger charge is 2.02. The summed E-state index contributed by atoms with van der Waals surface area (Å²) in [6, 6.07) is 0. The van der Waals surface area contributed by atoms with E-state index in [1.165, 1.54) is 0 Å². The van der Waals surface area contributed by atoms with Crippen molar-refractivity contribution >= 4 is 15.9 Å². The first-order valence-electron chi connectivity index (χ1n) is 3.30. The van der Waals surface area contributed by atoms with Crippen molar-refractivity contribution in [1.82, 2.24) is 5.32 Å². The van der Waals surface area contributed by atoms with Crippen molar-refractivity contribution in [1.29, 1.82) is 0 Å². The fourth-order valence-electron chi connectivity index (χ4n) is 0.589. The molecule has 0 bridgehead atoms. The van der Waals surface area contributed by atoms with E-state index in [2.05, 4.69) is 27.8 Å². The molecule has 1 N–H and O–H groups in total. The van der Waals surface area contributed by atoms with Gasteiger partial charge in [0.2, 0.25) is 0 Å². The molecule has 0 unspecified atom stereocenters. The molecule has 0 amide bonds. The van der Waals surface area contributed by atoms with Crippen LogP contribution in [0.4, 0.5) is 0 Å². The lowest BCUT2D eigenvalue weighted by atomic mass is 10.5. The molecule has 66 valence electrons. The van der Waals surface area contributed by atoms with Crippen LogP contribution in [0.3, 0.4) is 0 Å². The van der Waals surface area contributed by atoms with Crippen LogP contribution < -0.4 is 5.32 Å². The summed E-state index contributed by atoms with van der Waals surface area (Å²) >= 11 is 3.23. The van der Waals surface area contributed by atoms with E-state index in [0.29, 0.717) is 6.54 Å². The molecule has 0 radical (unpaired) electrons. The van der Waals surface area contributed by atoms with Crippen molar-refractivity contribution in [3.05, 3.63) is 11.1 Å². The van der Waals surface area contributed by atoms with E-state index in [-0.39, 0.29) is 6.29 Å². The first-order valence-corrected chi connectivity index (χ1v) is 4.09. The fourth-order valence-corrected chi connectivity index (χ4v) is 0.787. The highest BCUT2D eigenvalue weighted by Crippen LogP contribution is 1.97. The smallest absolute Gasteiger partial charge is 0.169 e. The van der Waals surface area contributed by atoms with Crippen LogP contribution in [0.15, 0.2) is 11.1 Å². The maximum Gasteiger partial charge on any atom is 0.169 e. The quantitative estimate of drug-likeness (QED) is 0.685. The number of ether oxygens (including phenoxy) is 2. The average molecular weight is 224 g/mol. The number of nitrogens with one attached hydrogen (secondary N) is 1. The zero-order chi connectivity index (χ0) is 8.69. The van der Waals surface area contributed by atoms with Crippen LogP contribution in [0.25, 0.3) is 0 Å². The van der Waals surface area contributed by atoms with Crippen molar-refractivity contribution in [2.24, 2.45) is 0 Å². The van der Waals surface area contributed by atoms with Gasteiger partial charge in [-0.05, 0) is 0 Å². The van der Waals surface area contributed by atoms with Crippen LogP contribution in [0.1, 0.15) is 0 Å². The number of methoxy groups -OCH3 is 2. The molecule has 0 aliphatic carbocycles. The molecule has 0 aliphatic heterocycles. The third kappa shape index (κ3) is 6.50. The van der Waals surface area contributed by atoms with Gasteiger partial charge in [0, 0.05) is 31.8 Å². The van der Waals surface area contributed by atoms with E-state index >= 15 is 0 Å². The molecule has 3 nitrogen and oxygen atoms in total. The van der Waals surface area contributed by atoms with Gasteiger partial charge in [0.25, 0.3) is 0 Å². The predicted octanol–water partition coefficient (Wildman–Crippen LogP) is 1.10. The molecule has 0 spiro atoms. The van der Waals surface area contributed by atoms with Crippen LogP contribution in [0, 0.1) is 0 Å². The first-order chi connectivity index (χ1) is 5.20. The van der Waals surface area contributed by atoms with Gasteiger partial charge in [0.05, 0.1) is 0 Å². The van der Waals surface area contributed by atoms with Crippen molar-refractivity contribution in [2.75, 3.05) is 27.3 Å². The first kappa shape index (κ1) is 11.1. The Labute approximate surface area is 75.9 Å². The second-order valence-corrected chi connectivity index (χ2v) is 3.17. The largest absolute Gasteiger partial charge is 0.355 e. The second kappa shape index (κ2) is 6.79. The summed E-state index contributed by atoms with van der Waals surface area (Å²) in [7, 11) is 3.22. The van der Waals surface area contributed by atoms with Crippen LogP contribution in [-0.4, -0.2) is 33.6 Å². The molecular weight excluding hydrogens is 210 g/mol. The summed E-state index contributed by atoms with van der Waals surface area (Å²) in [4.78, 5) is 0. The van der Waals surface area contributed by atoms with Crippen LogP contribution in [0.2, 0.25) is 0 Å². The Morgan fingerprint density at radius 1 is 1.55 bits per heavy atom. The molecule has 0 atom stereocenters. The number of rotatable bonds is 6. The van der Waals surface area contributed by atoms with Gasteiger partial charge in [-0.1, -0.05) is 22.5 Å². The number of hydrogen-bond acceptors (Lipinski definition) is 3. The van der Waals surface area contributed by atoms with Gasteiger partial charge in [0.1, 0.15) is 0 Å². The third-order valence-corrected chi connectivity index (χ3v) is 1.43. The maximum absolute atomic E-state index is 4.95. The standard InChI is InChI=1S/C7H14BrNO2/c1-6(8)4-9-5-7(10-2)11-3/h7,9H,1,4-5H2,2-3H3. The summed E-state index contributed by atoms with van der Waals surface area (Å²) in [5, 5.41) is 3.09. The summed E-state index contributed by atoms with van der Waals surface area (Å²) in [5.41, 5.74) is 0. The Hall–Kier alpha value is 0.1000. The van der Waals surface area contributed by atoms with Crippen LogP contribution in [0.5, 0.6) is 0 Å². The summed E-state index contributed by atoms with van der Waals surface area (Å²) < 4.78 is 10.8. The minimum atomic E-state index is -0.179. The average Bonchev–Trinajstić information content (AvgIpc) is 1.98. The molecule has 0 heterocycles. The van der Waals surface area contributed by atoms with Crippen LogP contribution >= 0.6 is 15.9 Å². The summed E-state index contributed by atoms with van der Waals surface area (Å²) in [5.74, 6) is 0. The van der Waals surface area contributed by atoms with Gasteiger partial charge < -0.3 is 14.8 Å². The Morgan fingerprint density at radius 2 is 2.09 bits per heavy atom. The number of halogens is 1. The molecule has 0 aromatic rings. The third-order valence-electron chi connectivity index (χ3n) is 1.15. The van der Waals surface area contributed by atoms with E-state index in [1.54, 1.807) is 14.2 Å². The molecule has 0 aromatic carbocycles. The molecule has 0 aromatic heterocycles. The molecule has 0 rings (SSSR count). The van der Waals surface area contributed by atoms with Gasteiger partial charge in [-0.3, -0.25) is 0 Å². The van der Waals surface area contributed by atoms with Crippen molar-refractivity contribution < 1.29 is 9.47 Å². The normalized spacial score (nSPS) is 10.5. The maximum atomic E-state index is 4.95. The highest BCUT2D eigenvalue weighted by molar-refractivity contribution is 9.11. The highest BCUT2D eigenvalue weighted by atomic mass is 79.9. The Balaban J connectivity index is 3.28. The fraction of sp³-hybridized carbons (Fsp3) is 0.714. The lowest BCUT2D eigenvalue weighted by molar-refractivity contribution is -0.0983. The van der Waals surface area contributed by atoms with Gasteiger partial charge in [-0.15, -0.1) is 0 Å².